The number of ether oxygens (including phenoxy) is 1. The van der Waals surface area contributed by atoms with E-state index in [0.717, 1.165) is 18.4 Å². The zero-order valence-electron chi connectivity index (χ0n) is 11.8. The molecule has 21 heavy (non-hydrogen) atoms. The van der Waals surface area contributed by atoms with E-state index in [4.69, 9.17) is 24.9 Å². The lowest BCUT2D eigenvalue weighted by atomic mass is 10.3. The second-order valence-electron chi connectivity index (χ2n) is 3.69. The van der Waals surface area contributed by atoms with Crippen molar-refractivity contribution in [3.05, 3.63) is 60.7 Å². The van der Waals surface area contributed by atoms with Crippen molar-refractivity contribution >= 4 is 5.97 Å². The molecule has 114 valence electrons. The first-order valence-electron chi connectivity index (χ1n) is 6.29. The third-order valence-electron chi connectivity index (χ3n) is 1.82. The summed E-state index contributed by atoms with van der Waals surface area (Å²) in [5.74, 6) is 0.905. The summed E-state index contributed by atoms with van der Waals surface area (Å²) in [6, 6.07) is 19.5. The standard InChI is InChI=1S/C12H10O.C2H4O2.C2H6O2/c1-3-7-11(8-4-1)13-12-9-5-2-6-10-12;1-2(3)4;3-1-2-4/h1-10H;1H3,(H,3,4);3-4H,1-2H2. The molecule has 0 atom stereocenters. The maximum atomic E-state index is 9.00. The van der Waals surface area contributed by atoms with E-state index in [1.807, 2.05) is 60.7 Å². The zero-order valence-corrected chi connectivity index (χ0v) is 11.8. The zero-order chi connectivity index (χ0) is 15.9. The van der Waals surface area contributed by atoms with Crippen molar-refractivity contribution < 1.29 is 24.9 Å². The molecule has 0 spiro atoms. The Labute approximate surface area is 124 Å². The predicted molar refractivity (Wildman–Crippen MR) is 80.4 cm³/mol. The van der Waals surface area contributed by atoms with Crippen LogP contribution < -0.4 is 4.74 Å². The molecule has 0 bridgehead atoms. The molecule has 2 aromatic carbocycles. The Morgan fingerprint density at radius 2 is 1.14 bits per heavy atom. The summed E-state index contributed by atoms with van der Waals surface area (Å²) in [7, 11) is 0. The van der Waals surface area contributed by atoms with Crippen molar-refractivity contribution in [2.75, 3.05) is 13.2 Å². The highest BCUT2D eigenvalue weighted by atomic mass is 16.5. The van der Waals surface area contributed by atoms with Crippen LogP contribution in [0.4, 0.5) is 0 Å². The molecule has 0 amide bonds. The molecule has 0 unspecified atom stereocenters. The van der Waals surface area contributed by atoms with Crippen LogP contribution in [0.2, 0.25) is 0 Å². The van der Waals surface area contributed by atoms with Crippen molar-refractivity contribution in [3.63, 3.8) is 0 Å². The number of carboxylic acid groups (broad SMARTS) is 1. The topological polar surface area (TPSA) is 87.0 Å². The van der Waals surface area contributed by atoms with Gasteiger partial charge in [0.25, 0.3) is 5.97 Å². The van der Waals surface area contributed by atoms with Gasteiger partial charge in [0.1, 0.15) is 11.5 Å². The van der Waals surface area contributed by atoms with E-state index in [2.05, 4.69) is 0 Å². The van der Waals surface area contributed by atoms with E-state index in [1.165, 1.54) is 0 Å². The van der Waals surface area contributed by atoms with Crippen LogP contribution in [0.25, 0.3) is 0 Å². The van der Waals surface area contributed by atoms with E-state index in [9.17, 15) is 0 Å². The van der Waals surface area contributed by atoms with Gasteiger partial charge in [0.05, 0.1) is 13.2 Å². The predicted octanol–water partition coefficient (Wildman–Crippen LogP) is 2.54. The van der Waals surface area contributed by atoms with Crippen LogP contribution in [0.3, 0.4) is 0 Å². The van der Waals surface area contributed by atoms with Crippen molar-refractivity contribution in [2.45, 2.75) is 6.92 Å². The first-order valence-corrected chi connectivity index (χ1v) is 6.29. The fourth-order valence-corrected chi connectivity index (χ4v) is 1.11. The Balaban J connectivity index is 0.000000421. The third-order valence-corrected chi connectivity index (χ3v) is 1.82. The number of aliphatic hydroxyl groups is 2. The number of rotatable bonds is 3. The molecular weight excluding hydrogens is 272 g/mol. The Bertz CT molecular complexity index is 427. The van der Waals surface area contributed by atoms with Crippen LogP contribution >= 0.6 is 0 Å². The van der Waals surface area contributed by atoms with Gasteiger partial charge in [-0.15, -0.1) is 0 Å². The molecule has 5 nitrogen and oxygen atoms in total. The van der Waals surface area contributed by atoms with E-state index < -0.39 is 5.97 Å². The van der Waals surface area contributed by atoms with Crippen LogP contribution in [-0.4, -0.2) is 34.5 Å². The highest BCUT2D eigenvalue weighted by Crippen LogP contribution is 2.19. The van der Waals surface area contributed by atoms with Gasteiger partial charge in [-0.25, -0.2) is 0 Å². The minimum Gasteiger partial charge on any atom is -0.481 e. The molecule has 5 heteroatoms. The Hall–Kier alpha value is -2.37. The summed E-state index contributed by atoms with van der Waals surface area (Å²) in [5.41, 5.74) is 0. The van der Waals surface area contributed by atoms with Gasteiger partial charge in [-0.2, -0.15) is 0 Å². The molecule has 3 N–H and O–H groups in total. The van der Waals surface area contributed by atoms with Crippen molar-refractivity contribution in [1.29, 1.82) is 0 Å². The molecule has 2 rings (SSSR count). The molecule has 0 aliphatic rings. The summed E-state index contributed by atoms with van der Waals surface area (Å²) in [6.07, 6.45) is 0. The molecule has 0 aliphatic carbocycles. The lowest BCUT2D eigenvalue weighted by Gasteiger charge is -2.03. The molecule has 0 fully saturated rings. The van der Waals surface area contributed by atoms with Gasteiger partial charge >= 0.3 is 0 Å². The quantitative estimate of drug-likeness (QED) is 0.809. The smallest absolute Gasteiger partial charge is 0.300 e. The third kappa shape index (κ3) is 12.4. The number of carbonyl (C=O) groups is 1. The molecule has 0 heterocycles. The molecule has 0 aromatic heterocycles. The van der Waals surface area contributed by atoms with Crippen LogP contribution in [0, 0.1) is 0 Å². The lowest BCUT2D eigenvalue weighted by Crippen LogP contribution is -1.85. The van der Waals surface area contributed by atoms with Crippen molar-refractivity contribution in [1.82, 2.24) is 0 Å². The molecule has 0 radical (unpaired) electrons. The van der Waals surface area contributed by atoms with Gasteiger partial charge in [-0.05, 0) is 24.3 Å². The van der Waals surface area contributed by atoms with Gasteiger partial charge < -0.3 is 20.1 Å². The number of carboxylic acids is 1. The summed E-state index contributed by atoms with van der Waals surface area (Å²) >= 11 is 0. The van der Waals surface area contributed by atoms with E-state index in [1.54, 1.807) is 0 Å². The fraction of sp³-hybridized carbons (Fsp3) is 0.188. The second kappa shape index (κ2) is 12.7. The average Bonchev–Trinajstić information content (AvgIpc) is 2.49. The summed E-state index contributed by atoms with van der Waals surface area (Å²) in [6.45, 7) is 0.833. The highest BCUT2D eigenvalue weighted by Gasteiger charge is 1.92. The summed E-state index contributed by atoms with van der Waals surface area (Å²) in [5, 5.41) is 22.7. The lowest BCUT2D eigenvalue weighted by molar-refractivity contribution is -0.134. The molecule has 0 saturated carbocycles. The highest BCUT2D eigenvalue weighted by molar-refractivity contribution is 5.62. The van der Waals surface area contributed by atoms with Gasteiger partial charge in [-0.3, -0.25) is 4.79 Å². The van der Waals surface area contributed by atoms with Crippen molar-refractivity contribution in [3.8, 4) is 11.5 Å². The summed E-state index contributed by atoms with van der Waals surface area (Å²) in [4.78, 5) is 9.00. The van der Waals surface area contributed by atoms with E-state index in [-0.39, 0.29) is 13.2 Å². The average molecular weight is 292 g/mol. The monoisotopic (exact) mass is 292 g/mol. The molecular formula is C16H20O5. The maximum Gasteiger partial charge on any atom is 0.300 e. The number of benzene rings is 2. The largest absolute Gasteiger partial charge is 0.481 e. The maximum absolute atomic E-state index is 9.00. The Morgan fingerprint density at radius 1 is 0.857 bits per heavy atom. The number of aliphatic hydroxyl groups excluding tert-OH is 2. The number of hydrogen-bond acceptors (Lipinski definition) is 4. The molecule has 0 aliphatic heterocycles. The normalized spacial score (nSPS) is 8.52. The van der Waals surface area contributed by atoms with Crippen molar-refractivity contribution in [2.24, 2.45) is 0 Å². The first kappa shape index (κ1) is 18.6. The molecule has 2 aromatic rings. The van der Waals surface area contributed by atoms with Crippen LogP contribution in [-0.2, 0) is 4.79 Å². The first-order chi connectivity index (χ1) is 10.1. The Morgan fingerprint density at radius 3 is 1.38 bits per heavy atom. The fourth-order valence-electron chi connectivity index (χ4n) is 1.11. The minimum absolute atomic E-state index is 0.125. The summed E-state index contributed by atoms with van der Waals surface area (Å²) < 4.78 is 5.58. The van der Waals surface area contributed by atoms with Crippen LogP contribution in [0.5, 0.6) is 11.5 Å². The van der Waals surface area contributed by atoms with E-state index in [0.29, 0.717) is 0 Å². The van der Waals surface area contributed by atoms with E-state index >= 15 is 0 Å². The van der Waals surface area contributed by atoms with Gasteiger partial charge in [0.2, 0.25) is 0 Å². The number of para-hydroxylation sites is 2. The van der Waals surface area contributed by atoms with Gasteiger partial charge in [0.15, 0.2) is 0 Å². The van der Waals surface area contributed by atoms with Crippen LogP contribution in [0.15, 0.2) is 60.7 Å². The number of aliphatic carboxylic acids is 1. The minimum atomic E-state index is -0.833. The Kier molecular flexibility index (Phi) is 11.2. The number of hydrogen-bond donors (Lipinski definition) is 3. The van der Waals surface area contributed by atoms with Gasteiger partial charge in [0, 0.05) is 6.92 Å². The second-order valence-corrected chi connectivity index (χ2v) is 3.69. The molecule has 0 saturated heterocycles. The van der Waals surface area contributed by atoms with Crippen LogP contribution in [0.1, 0.15) is 6.92 Å². The SMILES string of the molecule is CC(=O)O.OCCO.c1ccc(Oc2ccccc2)cc1. The van der Waals surface area contributed by atoms with Gasteiger partial charge in [-0.1, -0.05) is 36.4 Å².